The molecule has 0 unspecified atom stereocenters. The van der Waals surface area contributed by atoms with Crippen LogP contribution in [-0.4, -0.2) is 30.3 Å². The number of carboxylic acid groups (broad SMARTS) is 1. The second kappa shape index (κ2) is 11.0. The molecule has 184 valence electrons. The Kier molecular flexibility index (Phi) is 7.65. The number of halogens is 2. The largest absolute Gasteiger partial charge is 0.546 e. The predicted octanol–water partition coefficient (Wildman–Crippen LogP) is 4.30. The molecule has 1 aliphatic heterocycles. The zero-order valence-electron chi connectivity index (χ0n) is 18.9. The molecule has 4 rings (SSSR count). The molecule has 0 aliphatic carbocycles. The van der Waals surface area contributed by atoms with E-state index in [1.165, 1.54) is 59.5 Å². The number of hydrogen-bond donors (Lipinski definition) is 0. The maximum Gasteiger partial charge on any atom is 0.271 e. The zero-order valence-corrected chi connectivity index (χ0v) is 19.8. The number of carboxylic acids is 1. The lowest BCUT2D eigenvalue weighted by Crippen LogP contribution is -2.29. The number of amidine groups is 1. The molecule has 1 fully saturated rings. The average molecular weight is 510 g/mol. The van der Waals surface area contributed by atoms with Gasteiger partial charge in [-0.1, -0.05) is 6.07 Å². The molecule has 0 radical (unpaired) electrons. The first-order valence-electron chi connectivity index (χ1n) is 10.8. The molecule has 0 bridgehead atoms. The molecule has 0 saturated carbocycles. The van der Waals surface area contributed by atoms with Crippen LogP contribution < -0.4 is 19.5 Å². The first-order chi connectivity index (χ1) is 17.3. The van der Waals surface area contributed by atoms with Gasteiger partial charge in [-0.25, -0.2) is 13.8 Å². The van der Waals surface area contributed by atoms with Crippen LogP contribution in [0.1, 0.15) is 12.5 Å². The van der Waals surface area contributed by atoms with Gasteiger partial charge in [0.1, 0.15) is 18.2 Å². The first-order valence-corrected chi connectivity index (χ1v) is 11.6. The fraction of sp³-hybridized carbons (Fsp3) is 0.115. The van der Waals surface area contributed by atoms with Gasteiger partial charge in [0.25, 0.3) is 5.91 Å². The molecule has 3 aromatic carbocycles. The van der Waals surface area contributed by atoms with Crippen molar-refractivity contribution in [3.8, 4) is 11.5 Å². The molecule has 0 atom stereocenters. The van der Waals surface area contributed by atoms with Crippen LogP contribution in [0.3, 0.4) is 0 Å². The Morgan fingerprint density at radius 3 is 2.31 bits per heavy atom. The average Bonchev–Trinajstić information content (AvgIpc) is 3.15. The van der Waals surface area contributed by atoms with Crippen LogP contribution in [0, 0.1) is 11.6 Å². The van der Waals surface area contributed by atoms with Crippen molar-refractivity contribution in [1.29, 1.82) is 0 Å². The Labute approximate surface area is 209 Å². The Hall–Kier alpha value is -4.18. The van der Waals surface area contributed by atoms with E-state index < -0.39 is 24.2 Å². The van der Waals surface area contributed by atoms with E-state index in [1.807, 2.05) is 0 Å². The summed E-state index contributed by atoms with van der Waals surface area (Å²) in [6.07, 6.45) is 1.63. The third kappa shape index (κ3) is 5.89. The van der Waals surface area contributed by atoms with Gasteiger partial charge in [-0.2, -0.15) is 0 Å². The number of rotatable bonds is 8. The molecule has 1 heterocycles. The number of carbonyl (C=O) groups is 2. The van der Waals surface area contributed by atoms with Gasteiger partial charge in [-0.15, -0.1) is 0 Å². The highest BCUT2D eigenvalue weighted by molar-refractivity contribution is 8.19. The van der Waals surface area contributed by atoms with Crippen LogP contribution in [0.4, 0.5) is 20.2 Å². The summed E-state index contributed by atoms with van der Waals surface area (Å²) in [7, 11) is 0. The summed E-state index contributed by atoms with van der Waals surface area (Å²) in [5.41, 5.74) is 1.45. The van der Waals surface area contributed by atoms with E-state index in [0.29, 0.717) is 39.4 Å². The highest BCUT2D eigenvalue weighted by Gasteiger charge is 2.34. The van der Waals surface area contributed by atoms with Gasteiger partial charge in [0.05, 0.1) is 28.9 Å². The number of hydrogen-bond acceptors (Lipinski definition) is 7. The van der Waals surface area contributed by atoms with Gasteiger partial charge >= 0.3 is 0 Å². The van der Waals surface area contributed by atoms with Crippen molar-refractivity contribution in [2.75, 3.05) is 18.1 Å². The van der Waals surface area contributed by atoms with Crippen LogP contribution in [0.15, 0.2) is 76.6 Å². The number of aliphatic carboxylic acids is 1. The lowest BCUT2D eigenvalue weighted by Gasteiger charge is -2.15. The monoisotopic (exact) mass is 509 g/mol. The normalized spacial score (nSPS) is 15.5. The van der Waals surface area contributed by atoms with E-state index in [2.05, 4.69) is 4.99 Å². The van der Waals surface area contributed by atoms with Crippen molar-refractivity contribution in [2.45, 2.75) is 6.92 Å². The molecule has 36 heavy (non-hydrogen) atoms. The summed E-state index contributed by atoms with van der Waals surface area (Å²) in [5.74, 6) is -2.09. The quantitative estimate of drug-likeness (QED) is 0.421. The van der Waals surface area contributed by atoms with Crippen molar-refractivity contribution >= 4 is 46.3 Å². The lowest BCUT2D eigenvalue weighted by molar-refractivity contribution is -0.307. The van der Waals surface area contributed by atoms with Crippen LogP contribution in [0.5, 0.6) is 11.5 Å². The molecule has 0 spiro atoms. The second-order valence-corrected chi connectivity index (χ2v) is 8.41. The van der Waals surface area contributed by atoms with Crippen molar-refractivity contribution in [3.63, 3.8) is 0 Å². The molecule has 7 nitrogen and oxygen atoms in total. The molecule has 3 aromatic rings. The summed E-state index contributed by atoms with van der Waals surface area (Å²) in [6.45, 7) is 1.44. The maximum atomic E-state index is 13.5. The standard InChI is InChI=1S/C26H20F2N2O5S/c1-2-34-22-13-16(3-12-21(22)35-15-24(31)32)14-23-25(33)30(20-10-6-18(28)7-11-20)26(36-23)29-19-8-4-17(27)5-9-19/h3-14H,2,15H2,1H3,(H,31,32)/p-1/b23-14-,29-26?. The van der Waals surface area contributed by atoms with Gasteiger partial charge in [0.15, 0.2) is 16.7 Å². The highest BCUT2D eigenvalue weighted by Crippen LogP contribution is 2.38. The number of aliphatic imine (C=N–C) groups is 1. The first kappa shape index (κ1) is 24.9. The van der Waals surface area contributed by atoms with Crippen LogP contribution >= 0.6 is 11.8 Å². The summed E-state index contributed by atoms with van der Waals surface area (Å²) in [4.78, 5) is 30.3. The maximum absolute atomic E-state index is 13.5. The summed E-state index contributed by atoms with van der Waals surface area (Å²) >= 11 is 1.10. The van der Waals surface area contributed by atoms with Gasteiger partial charge in [-0.3, -0.25) is 9.69 Å². The molecule has 0 aromatic heterocycles. The number of carbonyl (C=O) groups excluding carboxylic acids is 2. The third-order valence-electron chi connectivity index (χ3n) is 4.85. The number of nitrogens with zero attached hydrogens (tertiary/aromatic N) is 2. The Morgan fingerprint density at radius 1 is 1.00 bits per heavy atom. The van der Waals surface area contributed by atoms with Gasteiger partial charge in [-0.05, 0) is 91.0 Å². The Bertz CT molecular complexity index is 1340. The van der Waals surface area contributed by atoms with E-state index >= 15 is 0 Å². The van der Waals surface area contributed by atoms with Gasteiger partial charge in [0.2, 0.25) is 0 Å². The second-order valence-electron chi connectivity index (χ2n) is 7.40. The fourth-order valence-electron chi connectivity index (χ4n) is 3.28. The smallest absolute Gasteiger partial charge is 0.271 e. The minimum absolute atomic E-state index is 0.222. The predicted molar refractivity (Wildman–Crippen MR) is 131 cm³/mol. The Balaban J connectivity index is 1.71. The van der Waals surface area contributed by atoms with E-state index in [-0.39, 0.29) is 11.7 Å². The molecule has 1 saturated heterocycles. The molecular formula is C26H19F2N2O5S-. The van der Waals surface area contributed by atoms with E-state index in [1.54, 1.807) is 25.1 Å². The van der Waals surface area contributed by atoms with Crippen molar-refractivity contribution < 1.29 is 33.0 Å². The van der Waals surface area contributed by atoms with Crippen molar-refractivity contribution in [3.05, 3.63) is 88.8 Å². The number of ether oxygens (including phenoxy) is 2. The SMILES string of the molecule is CCOc1cc(/C=C2\SC(=Nc3ccc(F)cc3)N(c3ccc(F)cc3)C2=O)ccc1OCC(=O)[O-]. The molecule has 1 aliphatic rings. The van der Waals surface area contributed by atoms with Crippen LogP contribution in [0.25, 0.3) is 6.08 Å². The number of amides is 1. The molecular weight excluding hydrogens is 490 g/mol. The summed E-state index contributed by atoms with van der Waals surface area (Å²) in [5, 5.41) is 11.0. The minimum atomic E-state index is -1.37. The number of anilines is 1. The number of thioether (sulfide) groups is 1. The highest BCUT2D eigenvalue weighted by atomic mass is 32.2. The van der Waals surface area contributed by atoms with E-state index in [9.17, 15) is 23.5 Å². The third-order valence-corrected chi connectivity index (χ3v) is 5.82. The molecule has 0 N–H and O–H groups in total. The zero-order chi connectivity index (χ0) is 25.7. The molecule has 1 amide bonds. The number of benzene rings is 3. The summed E-state index contributed by atoms with van der Waals surface area (Å²) < 4.78 is 37.6. The fourth-order valence-corrected chi connectivity index (χ4v) is 4.28. The molecule has 10 heteroatoms. The summed E-state index contributed by atoms with van der Waals surface area (Å²) in [6, 6.07) is 15.7. The van der Waals surface area contributed by atoms with Gasteiger partial charge < -0.3 is 19.4 Å². The Morgan fingerprint density at radius 2 is 1.67 bits per heavy atom. The van der Waals surface area contributed by atoms with Gasteiger partial charge in [0, 0.05) is 0 Å². The van der Waals surface area contributed by atoms with Crippen molar-refractivity contribution in [2.24, 2.45) is 4.99 Å². The van der Waals surface area contributed by atoms with E-state index in [0.717, 1.165) is 11.8 Å². The van der Waals surface area contributed by atoms with Crippen LogP contribution in [0.2, 0.25) is 0 Å². The van der Waals surface area contributed by atoms with Crippen molar-refractivity contribution in [1.82, 2.24) is 0 Å². The topological polar surface area (TPSA) is 91.3 Å². The van der Waals surface area contributed by atoms with Crippen LogP contribution in [-0.2, 0) is 9.59 Å². The lowest BCUT2D eigenvalue weighted by atomic mass is 10.1. The minimum Gasteiger partial charge on any atom is -0.546 e. The van der Waals surface area contributed by atoms with E-state index in [4.69, 9.17) is 9.47 Å².